The Morgan fingerprint density at radius 2 is 1.86 bits per heavy atom. The van der Waals surface area contributed by atoms with Crippen LogP contribution in [0.1, 0.15) is 36.8 Å². The zero-order valence-corrected chi connectivity index (χ0v) is 16.3. The first-order valence-corrected chi connectivity index (χ1v) is 10.1. The Labute approximate surface area is 170 Å². The number of likely N-dealkylation sites (tertiary alicyclic amines) is 1. The number of hydrogen-bond acceptors (Lipinski definition) is 6. The third kappa shape index (κ3) is 5.26. The number of pyridine rings is 1. The zero-order chi connectivity index (χ0) is 19.9. The van der Waals surface area contributed by atoms with Gasteiger partial charge < -0.3 is 14.7 Å². The van der Waals surface area contributed by atoms with E-state index in [1.807, 2.05) is 30.3 Å². The van der Waals surface area contributed by atoms with Gasteiger partial charge in [-0.1, -0.05) is 35.5 Å². The van der Waals surface area contributed by atoms with Crippen LogP contribution in [0.25, 0.3) is 11.4 Å². The van der Waals surface area contributed by atoms with Crippen LogP contribution >= 0.6 is 0 Å². The molecule has 1 aromatic carbocycles. The molecule has 150 valence electrons. The highest BCUT2D eigenvalue weighted by Gasteiger charge is 2.21. The monoisotopic (exact) mass is 391 g/mol. The molecule has 1 saturated heterocycles. The molecule has 1 N–H and O–H groups in total. The fourth-order valence-electron chi connectivity index (χ4n) is 3.60. The van der Waals surface area contributed by atoms with E-state index >= 15 is 0 Å². The molecular formula is C22H25N5O2. The Morgan fingerprint density at radius 3 is 2.62 bits per heavy atom. The average Bonchev–Trinajstić information content (AvgIpc) is 3.45. The van der Waals surface area contributed by atoms with Crippen LogP contribution in [-0.4, -0.2) is 45.6 Å². The van der Waals surface area contributed by atoms with Gasteiger partial charge in [-0.15, -0.1) is 0 Å². The van der Waals surface area contributed by atoms with E-state index < -0.39 is 0 Å². The largest absolute Gasteiger partial charge is 0.348 e. The number of rotatable bonds is 8. The molecule has 4 rings (SSSR count). The fraction of sp³-hybridized carbons (Fsp3) is 0.364. The maximum atomic E-state index is 12.6. The number of nitrogens with one attached hydrogen (secondary N) is 1. The van der Waals surface area contributed by atoms with Gasteiger partial charge in [0.25, 0.3) is 0 Å². The predicted molar refractivity (Wildman–Crippen MR) is 109 cm³/mol. The average molecular weight is 391 g/mol. The molecule has 7 heteroatoms. The molecule has 3 heterocycles. The van der Waals surface area contributed by atoms with Gasteiger partial charge in [0.05, 0.1) is 6.04 Å². The third-order valence-corrected chi connectivity index (χ3v) is 5.15. The minimum absolute atomic E-state index is 0.0123. The van der Waals surface area contributed by atoms with E-state index in [4.69, 9.17) is 4.52 Å². The summed E-state index contributed by atoms with van der Waals surface area (Å²) in [5, 5.41) is 7.18. The number of benzene rings is 1. The number of carbonyl (C=O) groups is 1. The Morgan fingerprint density at radius 1 is 1.10 bits per heavy atom. The summed E-state index contributed by atoms with van der Waals surface area (Å²) >= 11 is 0. The second-order valence-electron chi connectivity index (χ2n) is 7.29. The predicted octanol–water partition coefficient (Wildman–Crippen LogP) is 3.02. The smallest absolute Gasteiger partial charge is 0.227 e. The highest BCUT2D eigenvalue weighted by atomic mass is 16.5. The first-order valence-electron chi connectivity index (χ1n) is 10.1. The first kappa shape index (κ1) is 19.3. The lowest BCUT2D eigenvalue weighted by molar-refractivity contribution is -0.122. The van der Waals surface area contributed by atoms with Crippen molar-refractivity contribution in [3.63, 3.8) is 0 Å². The second-order valence-corrected chi connectivity index (χ2v) is 7.29. The minimum Gasteiger partial charge on any atom is -0.348 e. The lowest BCUT2D eigenvalue weighted by atomic mass is 10.1. The minimum atomic E-state index is -0.0168. The lowest BCUT2D eigenvalue weighted by Crippen LogP contribution is -2.37. The summed E-state index contributed by atoms with van der Waals surface area (Å²) in [6.45, 7) is 3.03. The Kier molecular flexibility index (Phi) is 6.26. The summed E-state index contributed by atoms with van der Waals surface area (Å²) in [6, 6.07) is 13.8. The van der Waals surface area contributed by atoms with Crippen molar-refractivity contribution < 1.29 is 9.32 Å². The second kappa shape index (κ2) is 9.43. The number of hydrogen-bond donors (Lipinski definition) is 1. The van der Waals surface area contributed by atoms with E-state index in [0.717, 1.165) is 30.8 Å². The van der Waals surface area contributed by atoms with Crippen molar-refractivity contribution in [2.45, 2.75) is 31.7 Å². The standard InChI is InChI=1S/C22H25N5O2/c28-20(8-9-21-25-22(26-29-21)18-10-12-23-13-11-18)24-19(16-27-14-4-5-15-27)17-6-2-1-3-7-17/h1-3,6-7,10-13,19H,4-5,8-9,14-16H2,(H,24,28). The normalized spacial score (nSPS) is 15.3. The highest BCUT2D eigenvalue weighted by molar-refractivity contribution is 5.76. The highest BCUT2D eigenvalue weighted by Crippen LogP contribution is 2.18. The van der Waals surface area contributed by atoms with Crippen molar-refractivity contribution in [2.75, 3.05) is 19.6 Å². The molecule has 1 atom stereocenters. The van der Waals surface area contributed by atoms with Crippen molar-refractivity contribution in [2.24, 2.45) is 0 Å². The molecule has 0 radical (unpaired) electrons. The van der Waals surface area contributed by atoms with E-state index in [1.54, 1.807) is 12.4 Å². The van der Waals surface area contributed by atoms with Crippen LogP contribution in [0.15, 0.2) is 59.4 Å². The molecule has 0 bridgehead atoms. The van der Waals surface area contributed by atoms with E-state index in [0.29, 0.717) is 24.6 Å². The summed E-state index contributed by atoms with van der Waals surface area (Å²) < 4.78 is 5.30. The van der Waals surface area contributed by atoms with Gasteiger partial charge in [0.15, 0.2) is 0 Å². The number of aryl methyl sites for hydroxylation is 1. The zero-order valence-electron chi connectivity index (χ0n) is 16.3. The van der Waals surface area contributed by atoms with Crippen LogP contribution in [0.5, 0.6) is 0 Å². The van der Waals surface area contributed by atoms with Crippen molar-refractivity contribution in [3.8, 4) is 11.4 Å². The fourth-order valence-corrected chi connectivity index (χ4v) is 3.60. The summed E-state index contributed by atoms with van der Waals surface area (Å²) in [5.74, 6) is 0.962. The number of amides is 1. The Bertz CT molecular complexity index is 907. The molecule has 0 spiro atoms. The van der Waals surface area contributed by atoms with Gasteiger partial charge in [0, 0.05) is 37.3 Å². The van der Waals surface area contributed by atoms with Gasteiger partial charge in [-0.05, 0) is 43.6 Å². The topological polar surface area (TPSA) is 84.1 Å². The van der Waals surface area contributed by atoms with E-state index in [9.17, 15) is 4.79 Å². The molecule has 3 aromatic rings. The summed E-state index contributed by atoms with van der Waals surface area (Å²) in [7, 11) is 0. The van der Waals surface area contributed by atoms with Crippen LogP contribution < -0.4 is 5.32 Å². The van der Waals surface area contributed by atoms with Crippen molar-refractivity contribution in [1.29, 1.82) is 0 Å². The molecular weight excluding hydrogens is 366 g/mol. The molecule has 1 fully saturated rings. The molecule has 29 heavy (non-hydrogen) atoms. The van der Waals surface area contributed by atoms with E-state index in [2.05, 4.69) is 37.5 Å². The van der Waals surface area contributed by atoms with Crippen LogP contribution in [0.3, 0.4) is 0 Å². The van der Waals surface area contributed by atoms with Gasteiger partial charge in [0.2, 0.25) is 17.6 Å². The van der Waals surface area contributed by atoms with Crippen molar-refractivity contribution in [1.82, 2.24) is 25.3 Å². The maximum absolute atomic E-state index is 12.6. The quantitative estimate of drug-likeness (QED) is 0.635. The molecule has 0 aliphatic carbocycles. The number of carbonyl (C=O) groups excluding carboxylic acids is 1. The van der Waals surface area contributed by atoms with Crippen LogP contribution in [0.4, 0.5) is 0 Å². The molecule has 1 unspecified atom stereocenters. The third-order valence-electron chi connectivity index (χ3n) is 5.15. The van der Waals surface area contributed by atoms with Crippen LogP contribution in [0.2, 0.25) is 0 Å². The number of aromatic nitrogens is 3. The molecule has 1 aliphatic heterocycles. The number of nitrogens with zero attached hydrogens (tertiary/aromatic N) is 4. The van der Waals surface area contributed by atoms with Crippen molar-refractivity contribution in [3.05, 3.63) is 66.3 Å². The van der Waals surface area contributed by atoms with E-state index in [-0.39, 0.29) is 11.9 Å². The molecule has 1 amide bonds. The summed E-state index contributed by atoms with van der Waals surface area (Å²) in [6.07, 6.45) is 6.54. The lowest BCUT2D eigenvalue weighted by Gasteiger charge is -2.25. The maximum Gasteiger partial charge on any atom is 0.227 e. The molecule has 1 aliphatic rings. The van der Waals surface area contributed by atoms with E-state index in [1.165, 1.54) is 12.8 Å². The SMILES string of the molecule is O=C(CCc1nc(-c2ccncc2)no1)NC(CN1CCCC1)c1ccccc1. The van der Waals surface area contributed by atoms with Gasteiger partial charge in [-0.25, -0.2) is 0 Å². The van der Waals surface area contributed by atoms with Crippen LogP contribution in [-0.2, 0) is 11.2 Å². The molecule has 2 aromatic heterocycles. The Balaban J connectivity index is 1.35. The summed E-state index contributed by atoms with van der Waals surface area (Å²) in [4.78, 5) is 23.4. The molecule has 7 nitrogen and oxygen atoms in total. The first-order chi connectivity index (χ1) is 14.3. The van der Waals surface area contributed by atoms with Gasteiger partial charge in [0.1, 0.15) is 0 Å². The van der Waals surface area contributed by atoms with Crippen LogP contribution in [0, 0.1) is 0 Å². The Hall–Kier alpha value is -3.06. The van der Waals surface area contributed by atoms with Gasteiger partial charge in [-0.3, -0.25) is 9.78 Å². The van der Waals surface area contributed by atoms with Gasteiger partial charge >= 0.3 is 0 Å². The molecule has 0 saturated carbocycles. The summed E-state index contributed by atoms with van der Waals surface area (Å²) in [5.41, 5.74) is 1.97. The van der Waals surface area contributed by atoms with Crippen molar-refractivity contribution >= 4 is 5.91 Å². The van der Waals surface area contributed by atoms with Gasteiger partial charge in [-0.2, -0.15) is 4.98 Å².